The third kappa shape index (κ3) is 4.26. The lowest BCUT2D eigenvalue weighted by Gasteiger charge is -2.29. The Labute approximate surface area is 102 Å². The summed E-state index contributed by atoms with van der Waals surface area (Å²) in [5, 5.41) is 6.03. The van der Waals surface area contributed by atoms with Gasteiger partial charge in [0.05, 0.1) is 19.3 Å². The predicted molar refractivity (Wildman–Crippen MR) is 63.8 cm³/mol. The minimum Gasteiger partial charge on any atom is -0.379 e. The van der Waals surface area contributed by atoms with Crippen LogP contribution in [0.2, 0.25) is 0 Å². The van der Waals surface area contributed by atoms with E-state index in [1.165, 1.54) is 12.8 Å². The maximum absolute atomic E-state index is 11.8. The van der Waals surface area contributed by atoms with E-state index in [-0.39, 0.29) is 18.1 Å². The first-order chi connectivity index (χ1) is 8.27. The van der Waals surface area contributed by atoms with Gasteiger partial charge in [-0.25, -0.2) is 0 Å². The van der Waals surface area contributed by atoms with Gasteiger partial charge in [-0.15, -0.1) is 0 Å². The molecule has 1 aliphatic carbocycles. The highest BCUT2D eigenvalue weighted by Crippen LogP contribution is 2.28. The fraction of sp³-hybridized carbons (Fsp3) is 0.917. The topological polar surface area (TPSA) is 59.6 Å². The van der Waals surface area contributed by atoms with Crippen LogP contribution in [0.5, 0.6) is 0 Å². The molecule has 1 amide bonds. The van der Waals surface area contributed by atoms with Crippen molar-refractivity contribution >= 4 is 5.91 Å². The number of carbonyl (C=O) groups excluding carboxylic acids is 1. The van der Waals surface area contributed by atoms with Crippen LogP contribution in [-0.4, -0.2) is 51.0 Å². The zero-order chi connectivity index (χ0) is 12.1. The number of hydrogen-bond donors (Lipinski definition) is 2. The van der Waals surface area contributed by atoms with Gasteiger partial charge in [0.15, 0.2) is 0 Å². The summed E-state index contributed by atoms with van der Waals surface area (Å²) in [4.78, 5) is 11.8. The van der Waals surface area contributed by atoms with Crippen molar-refractivity contribution in [3.63, 3.8) is 0 Å². The molecule has 0 spiro atoms. The Hall–Kier alpha value is -0.650. The van der Waals surface area contributed by atoms with Gasteiger partial charge in [0.25, 0.3) is 0 Å². The summed E-state index contributed by atoms with van der Waals surface area (Å²) in [5.74, 6) is 0.784. The molecule has 5 heteroatoms. The zero-order valence-corrected chi connectivity index (χ0v) is 10.4. The van der Waals surface area contributed by atoms with Gasteiger partial charge >= 0.3 is 0 Å². The van der Waals surface area contributed by atoms with E-state index in [1.807, 2.05) is 6.92 Å². The Morgan fingerprint density at radius 3 is 3.06 bits per heavy atom. The number of hydrogen-bond acceptors (Lipinski definition) is 4. The summed E-state index contributed by atoms with van der Waals surface area (Å²) >= 11 is 0. The highest BCUT2D eigenvalue weighted by Gasteiger charge is 2.27. The van der Waals surface area contributed by atoms with Crippen LogP contribution in [0.25, 0.3) is 0 Å². The number of rotatable bonds is 6. The second-order valence-corrected chi connectivity index (χ2v) is 4.82. The van der Waals surface area contributed by atoms with Crippen molar-refractivity contribution in [3.8, 4) is 0 Å². The van der Waals surface area contributed by atoms with Crippen LogP contribution in [0.1, 0.15) is 19.8 Å². The summed E-state index contributed by atoms with van der Waals surface area (Å²) < 4.78 is 10.9. The lowest BCUT2D eigenvalue weighted by Crippen LogP contribution is -2.55. The minimum absolute atomic E-state index is 0.00669. The molecule has 2 atom stereocenters. The second-order valence-electron chi connectivity index (χ2n) is 4.82. The van der Waals surface area contributed by atoms with Crippen molar-refractivity contribution in [2.24, 2.45) is 5.92 Å². The van der Waals surface area contributed by atoms with E-state index in [1.54, 1.807) is 0 Å². The zero-order valence-electron chi connectivity index (χ0n) is 10.4. The maximum Gasteiger partial charge on any atom is 0.239 e. The fourth-order valence-electron chi connectivity index (χ4n) is 1.92. The molecule has 5 nitrogen and oxygen atoms in total. The van der Waals surface area contributed by atoms with Crippen molar-refractivity contribution in [1.82, 2.24) is 10.6 Å². The molecule has 2 fully saturated rings. The van der Waals surface area contributed by atoms with Gasteiger partial charge in [-0.3, -0.25) is 4.79 Å². The highest BCUT2D eigenvalue weighted by atomic mass is 16.5. The summed E-state index contributed by atoms with van der Waals surface area (Å²) in [5.41, 5.74) is 0. The van der Waals surface area contributed by atoms with Crippen LogP contribution >= 0.6 is 0 Å². The fourth-order valence-corrected chi connectivity index (χ4v) is 1.92. The Balaban J connectivity index is 1.55. The van der Waals surface area contributed by atoms with Crippen LogP contribution in [0.3, 0.4) is 0 Å². The van der Waals surface area contributed by atoms with Crippen molar-refractivity contribution < 1.29 is 14.3 Å². The predicted octanol–water partition coefficient (Wildman–Crippen LogP) is -0.0939. The maximum atomic E-state index is 11.8. The molecule has 1 saturated carbocycles. The number of nitrogens with one attached hydrogen (secondary N) is 2. The highest BCUT2D eigenvalue weighted by molar-refractivity contribution is 5.82. The third-order valence-corrected chi connectivity index (χ3v) is 3.20. The van der Waals surface area contributed by atoms with Gasteiger partial charge < -0.3 is 20.1 Å². The van der Waals surface area contributed by atoms with Gasteiger partial charge in [-0.05, 0) is 25.7 Å². The Morgan fingerprint density at radius 2 is 2.35 bits per heavy atom. The van der Waals surface area contributed by atoms with Crippen LogP contribution in [0.4, 0.5) is 0 Å². The minimum atomic E-state index is -0.229. The van der Waals surface area contributed by atoms with Crippen LogP contribution in [0, 0.1) is 5.92 Å². The quantitative estimate of drug-likeness (QED) is 0.639. The lowest BCUT2D eigenvalue weighted by atomic mass is 10.1. The second kappa shape index (κ2) is 6.33. The van der Waals surface area contributed by atoms with E-state index in [0.717, 1.165) is 19.1 Å². The smallest absolute Gasteiger partial charge is 0.239 e. The largest absolute Gasteiger partial charge is 0.379 e. The van der Waals surface area contributed by atoms with E-state index in [9.17, 15) is 4.79 Å². The molecule has 17 heavy (non-hydrogen) atoms. The first kappa shape index (κ1) is 12.8. The molecular formula is C12H22N2O3. The molecule has 0 unspecified atom stereocenters. The number of morpholine rings is 1. The summed E-state index contributed by atoms with van der Waals surface area (Å²) in [6.07, 6.45) is 2.54. The number of carbonyl (C=O) groups is 1. The Kier molecular flexibility index (Phi) is 4.76. The van der Waals surface area contributed by atoms with E-state index < -0.39 is 0 Å². The molecule has 1 saturated heterocycles. The molecule has 98 valence electrons. The molecule has 0 aromatic rings. The van der Waals surface area contributed by atoms with Crippen LogP contribution < -0.4 is 10.6 Å². The summed E-state index contributed by atoms with van der Waals surface area (Å²) in [6.45, 7) is 5.35. The van der Waals surface area contributed by atoms with Crippen molar-refractivity contribution in [3.05, 3.63) is 0 Å². The molecule has 1 aliphatic heterocycles. The molecule has 2 N–H and O–H groups in total. The van der Waals surface area contributed by atoms with E-state index in [0.29, 0.717) is 19.8 Å². The number of ether oxygens (including phenoxy) is 2. The first-order valence-electron chi connectivity index (χ1n) is 6.48. The number of amides is 1. The molecule has 0 radical (unpaired) electrons. The van der Waals surface area contributed by atoms with Crippen LogP contribution in [-0.2, 0) is 14.3 Å². The summed E-state index contributed by atoms with van der Waals surface area (Å²) in [7, 11) is 0. The molecule has 1 heterocycles. The van der Waals surface area contributed by atoms with Crippen molar-refractivity contribution in [2.45, 2.75) is 31.9 Å². The van der Waals surface area contributed by atoms with E-state index in [4.69, 9.17) is 9.47 Å². The average molecular weight is 242 g/mol. The monoisotopic (exact) mass is 242 g/mol. The lowest BCUT2D eigenvalue weighted by molar-refractivity contribution is -0.129. The SMILES string of the molecule is C[C@H]1OCCN[C@@H]1C(=O)NCCOCC1CC1. The normalized spacial score (nSPS) is 29.0. The summed E-state index contributed by atoms with van der Waals surface area (Å²) in [6, 6.07) is -0.229. The van der Waals surface area contributed by atoms with Crippen LogP contribution in [0.15, 0.2) is 0 Å². The Bertz CT molecular complexity index is 256. The van der Waals surface area contributed by atoms with Crippen molar-refractivity contribution in [1.29, 1.82) is 0 Å². The third-order valence-electron chi connectivity index (χ3n) is 3.20. The van der Waals surface area contributed by atoms with Gasteiger partial charge in [0.1, 0.15) is 6.04 Å². The average Bonchev–Trinajstić information content (AvgIpc) is 3.13. The van der Waals surface area contributed by atoms with Crippen molar-refractivity contribution in [2.75, 3.05) is 32.9 Å². The van der Waals surface area contributed by atoms with Gasteiger partial charge in [-0.2, -0.15) is 0 Å². The molecular weight excluding hydrogens is 220 g/mol. The van der Waals surface area contributed by atoms with Gasteiger partial charge in [-0.1, -0.05) is 0 Å². The molecule has 2 rings (SSSR count). The molecule has 0 aromatic carbocycles. The van der Waals surface area contributed by atoms with Gasteiger partial charge in [0, 0.05) is 19.7 Å². The Morgan fingerprint density at radius 1 is 1.53 bits per heavy atom. The standard InChI is InChI=1S/C12H22N2O3/c1-9-11(13-5-7-17-9)12(15)14-4-6-16-8-10-2-3-10/h9-11,13H,2-8H2,1H3,(H,14,15)/t9-,11+/m1/s1. The molecule has 2 aliphatic rings. The molecule has 0 aromatic heterocycles. The molecule has 0 bridgehead atoms. The van der Waals surface area contributed by atoms with Gasteiger partial charge in [0.2, 0.25) is 5.91 Å². The van der Waals surface area contributed by atoms with E-state index >= 15 is 0 Å². The first-order valence-corrected chi connectivity index (χ1v) is 6.48. The van der Waals surface area contributed by atoms with E-state index in [2.05, 4.69) is 10.6 Å².